The fourth-order valence-corrected chi connectivity index (χ4v) is 3.71. The summed E-state index contributed by atoms with van der Waals surface area (Å²) in [6, 6.07) is 8.92. The third-order valence-electron chi connectivity index (χ3n) is 5.48. The maximum atomic E-state index is 13.0. The zero-order valence-corrected chi connectivity index (χ0v) is 16.8. The van der Waals surface area contributed by atoms with Crippen LogP contribution in [0.1, 0.15) is 35.6 Å². The molecule has 0 aliphatic carbocycles. The first-order chi connectivity index (χ1) is 12.7. The van der Waals surface area contributed by atoms with Crippen molar-refractivity contribution in [3.05, 3.63) is 63.2 Å². The Morgan fingerprint density at radius 2 is 1.89 bits per heavy atom. The zero-order valence-electron chi connectivity index (χ0n) is 16.8. The molecule has 0 radical (unpaired) electrons. The Bertz CT molecular complexity index is 1080. The average molecular weight is 366 g/mol. The Morgan fingerprint density at radius 1 is 1.22 bits per heavy atom. The molecule has 0 N–H and O–H groups in total. The number of carbonyl (C=O) groups excluding carboxylic acids is 1. The molecule has 2 aromatic heterocycles. The monoisotopic (exact) mass is 366 g/mol. The topological polar surface area (TPSA) is 60.1 Å². The van der Waals surface area contributed by atoms with Gasteiger partial charge in [0, 0.05) is 42.5 Å². The number of hydrogen-bond acceptors (Lipinski definition) is 3. The van der Waals surface area contributed by atoms with E-state index in [0.717, 1.165) is 28.2 Å². The van der Waals surface area contributed by atoms with Crippen LogP contribution in [-0.2, 0) is 18.4 Å². The third-order valence-corrected chi connectivity index (χ3v) is 5.48. The highest BCUT2D eigenvalue weighted by atomic mass is 16.2. The second kappa shape index (κ2) is 7.02. The lowest BCUT2D eigenvalue weighted by molar-refractivity contribution is -0.132. The van der Waals surface area contributed by atoms with Gasteiger partial charge in [-0.15, -0.1) is 0 Å². The summed E-state index contributed by atoms with van der Waals surface area (Å²) in [6.45, 7) is 8.05. The minimum atomic E-state index is -0.0860. The van der Waals surface area contributed by atoms with E-state index in [1.807, 2.05) is 69.2 Å². The predicted molar refractivity (Wildman–Crippen MR) is 107 cm³/mol. The van der Waals surface area contributed by atoms with Crippen LogP contribution < -0.4 is 5.43 Å². The Hall–Kier alpha value is -2.89. The molecule has 0 saturated carbocycles. The first-order valence-corrected chi connectivity index (χ1v) is 9.07. The molecule has 0 fully saturated rings. The SMILES string of the molecule is Cc1nn(C)c(C)c1C(C)N(C)C(=O)Cn1c(C)cc(=O)c2ccccc21. The van der Waals surface area contributed by atoms with Crippen LogP contribution in [0.5, 0.6) is 0 Å². The van der Waals surface area contributed by atoms with Crippen LogP contribution in [-0.4, -0.2) is 32.2 Å². The van der Waals surface area contributed by atoms with Crippen LogP contribution in [0.15, 0.2) is 35.1 Å². The van der Waals surface area contributed by atoms with Gasteiger partial charge in [-0.1, -0.05) is 12.1 Å². The molecule has 2 heterocycles. The van der Waals surface area contributed by atoms with Crippen molar-refractivity contribution in [2.24, 2.45) is 7.05 Å². The van der Waals surface area contributed by atoms with Crippen LogP contribution in [0.25, 0.3) is 10.9 Å². The molecule has 3 rings (SSSR count). The lowest BCUT2D eigenvalue weighted by Crippen LogP contribution is -2.33. The van der Waals surface area contributed by atoms with Crippen molar-refractivity contribution in [2.75, 3.05) is 7.05 Å². The van der Waals surface area contributed by atoms with E-state index in [1.165, 1.54) is 0 Å². The van der Waals surface area contributed by atoms with Crippen molar-refractivity contribution in [1.82, 2.24) is 19.2 Å². The number of fused-ring (bicyclic) bond motifs is 1. The lowest BCUT2D eigenvalue weighted by atomic mass is 10.1. The van der Waals surface area contributed by atoms with Crippen LogP contribution in [0.4, 0.5) is 0 Å². The summed E-state index contributed by atoms with van der Waals surface area (Å²) in [7, 11) is 3.73. The largest absolute Gasteiger partial charge is 0.337 e. The highest BCUT2D eigenvalue weighted by Crippen LogP contribution is 2.25. The zero-order chi connectivity index (χ0) is 19.9. The molecular formula is C21H26N4O2. The molecular weight excluding hydrogens is 340 g/mol. The third kappa shape index (κ3) is 3.27. The Kier molecular flexibility index (Phi) is 4.91. The molecule has 1 unspecified atom stereocenters. The van der Waals surface area contributed by atoms with Gasteiger partial charge in [0.25, 0.3) is 0 Å². The molecule has 3 aromatic rings. The fraction of sp³-hybridized carbons (Fsp3) is 0.381. The maximum Gasteiger partial charge on any atom is 0.242 e. The van der Waals surface area contributed by atoms with Crippen molar-refractivity contribution in [3.8, 4) is 0 Å². The molecule has 0 saturated heterocycles. The van der Waals surface area contributed by atoms with Crippen LogP contribution in [0.3, 0.4) is 0 Å². The van der Waals surface area contributed by atoms with Gasteiger partial charge in [-0.05, 0) is 39.8 Å². The second-order valence-corrected chi connectivity index (χ2v) is 7.14. The van der Waals surface area contributed by atoms with E-state index in [0.29, 0.717) is 5.39 Å². The Balaban J connectivity index is 1.94. The molecule has 27 heavy (non-hydrogen) atoms. The van der Waals surface area contributed by atoms with E-state index >= 15 is 0 Å². The van der Waals surface area contributed by atoms with Gasteiger partial charge in [0.05, 0.1) is 17.3 Å². The van der Waals surface area contributed by atoms with Gasteiger partial charge >= 0.3 is 0 Å². The first-order valence-electron chi connectivity index (χ1n) is 9.07. The van der Waals surface area contributed by atoms with E-state index in [9.17, 15) is 9.59 Å². The van der Waals surface area contributed by atoms with Gasteiger partial charge in [0.2, 0.25) is 5.91 Å². The molecule has 6 heteroatoms. The number of para-hydroxylation sites is 1. The van der Waals surface area contributed by atoms with Crippen LogP contribution >= 0.6 is 0 Å². The quantitative estimate of drug-likeness (QED) is 0.713. The van der Waals surface area contributed by atoms with Crippen molar-refractivity contribution in [2.45, 2.75) is 40.3 Å². The highest BCUT2D eigenvalue weighted by molar-refractivity contribution is 5.82. The van der Waals surface area contributed by atoms with Gasteiger partial charge < -0.3 is 9.47 Å². The molecule has 6 nitrogen and oxygen atoms in total. The van der Waals surface area contributed by atoms with Crippen LogP contribution in [0, 0.1) is 20.8 Å². The number of amides is 1. The number of likely N-dealkylation sites (N-methyl/N-ethyl adjacent to an activating group) is 1. The van der Waals surface area contributed by atoms with Crippen molar-refractivity contribution in [3.63, 3.8) is 0 Å². The number of nitrogens with zero attached hydrogens (tertiary/aromatic N) is 4. The maximum absolute atomic E-state index is 13.0. The first kappa shape index (κ1) is 18.9. The minimum absolute atomic E-state index is 0.0120. The number of carbonyl (C=O) groups is 1. The molecule has 0 aliphatic rings. The summed E-state index contributed by atoms with van der Waals surface area (Å²) in [4.78, 5) is 27.0. The molecule has 0 spiro atoms. The summed E-state index contributed by atoms with van der Waals surface area (Å²) in [5.41, 5.74) is 4.62. The smallest absolute Gasteiger partial charge is 0.242 e. The molecule has 1 aromatic carbocycles. The Morgan fingerprint density at radius 3 is 2.52 bits per heavy atom. The van der Waals surface area contributed by atoms with Gasteiger partial charge in [-0.25, -0.2) is 0 Å². The van der Waals surface area contributed by atoms with E-state index in [4.69, 9.17) is 0 Å². The normalized spacial score (nSPS) is 12.4. The lowest BCUT2D eigenvalue weighted by Gasteiger charge is -2.27. The average Bonchev–Trinajstić information content (AvgIpc) is 2.89. The molecule has 142 valence electrons. The Labute approximate surface area is 159 Å². The molecule has 1 amide bonds. The molecule has 1 atom stereocenters. The van der Waals surface area contributed by atoms with Gasteiger partial charge in [0.1, 0.15) is 6.54 Å². The number of hydrogen-bond donors (Lipinski definition) is 0. The summed E-state index contributed by atoms with van der Waals surface area (Å²) in [5.74, 6) is -0.0120. The number of pyridine rings is 1. The summed E-state index contributed by atoms with van der Waals surface area (Å²) < 4.78 is 3.75. The van der Waals surface area contributed by atoms with E-state index in [2.05, 4.69) is 5.10 Å². The fourth-order valence-electron chi connectivity index (χ4n) is 3.71. The predicted octanol–water partition coefficient (Wildman–Crippen LogP) is 2.88. The molecule has 0 aliphatic heterocycles. The number of aryl methyl sites for hydroxylation is 3. The number of aromatic nitrogens is 3. The van der Waals surface area contributed by atoms with E-state index in [-0.39, 0.29) is 23.9 Å². The summed E-state index contributed by atoms with van der Waals surface area (Å²) >= 11 is 0. The van der Waals surface area contributed by atoms with E-state index in [1.54, 1.807) is 17.0 Å². The van der Waals surface area contributed by atoms with Crippen molar-refractivity contribution < 1.29 is 4.79 Å². The second-order valence-electron chi connectivity index (χ2n) is 7.14. The summed E-state index contributed by atoms with van der Waals surface area (Å²) in [5, 5.41) is 5.09. The number of benzene rings is 1. The minimum Gasteiger partial charge on any atom is -0.337 e. The highest BCUT2D eigenvalue weighted by Gasteiger charge is 2.24. The van der Waals surface area contributed by atoms with Gasteiger partial charge in [-0.2, -0.15) is 5.10 Å². The van der Waals surface area contributed by atoms with Crippen molar-refractivity contribution in [1.29, 1.82) is 0 Å². The van der Waals surface area contributed by atoms with Gasteiger partial charge in [-0.3, -0.25) is 14.3 Å². The van der Waals surface area contributed by atoms with E-state index < -0.39 is 0 Å². The number of rotatable bonds is 4. The van der Waals surface area contributed by atoms with Gasteiger partial charge in [0.15, 0.2) is 5.43 Å². The van der Waals surface area contributed by atoms with Crippen molar-refractivity contribution >= 4 is 16.8 Å². The molecule has 0 bridgehead atoms. The standard InChI is InChI=1S/C21H26N4O2/c1-13-11-19(26)17-9-7-8-10-18(17)25(13)12-20(27)23(5)15(3)21-14(2)22-24(6)16(21)4/h7-11,15H,12H2,1-6H3. The summed E-state index contributed by atoms with van der Waals surface area (Å²) in [6.07, 6.45) is 0. The van der Waals surface area contributed by atoms with Crippen LogP contribution in [0.2, 0.25) is 0 Å².